The third-order valence-corrected chi connectivity index (χ3v) is 4.23. The molecule has 0 aliphatic rings. The Labute approximate surface area is 177 Å². The van der Waals surface area contributed by atoms with Crippen molar-refractivity contribution in [3.05, 3.63) is 58.9 Å². The monoisotopic (exact) mass is 440 g/mol. The maximum absolute atomic E-state index is 12.6. The molecule has 0 aliphatic heterocycles. The highest BCUT2D eigenvalue weighted by atomic mass is 19.4. The van der Waals surface area contributed by atoms with Crippen molar-refractivity contribution in [2.24, 2.45) is 0 Å². The smallest absolute Gasteiger partial charge is 0.433 e. The van der Waals surface area contributed by atoms with Crippen LogP contribution < -0.4 is 10.1 Å². The minimum absolute atomic E-state index is 0.0135. The van der Waals surface area contributed by atoms with Crippen LogP contribution in [0.25, 0.3) is 0 Å². The number of benzene rings is 1. The maximum Gasteiger partial charge on any atom is 0.433 e. The Kier molecular flexibility index (Phi) is 7.98. The van der Waals surface area contributed by atoms with E-state index in [1.54, 1.807) is 32.0 Å². The average Bonchev–Trinajstić information content (AvgIpc) is 2.70. The Bertz CT molecular complexity index is 914. The van der Waals surface area contributed by atoms with E-state index in [9.17, 15) is 27.9 Å². The van der Waals surface area contributed by atoms with Crippen LogP contribution in [-0.2, 0) is 28.7 Å². The van der Waals surface area contributed by atoms with Gasteiger partial charge >= 0.3 is 12.1 Å². The van der Waals surface area contributed by atoms with Gasteiger partial charge in [0, 0.05) is 24.7 Å². The first-order chi connectivity index (χ1) is 14.5. The SMILES string of the molecule is COc1ccc(CC(OC(C)C)C(=O)O)cc1CNC(=O)c1ccc(C(F)(F)F)nc1. The molecule has 0 saturated heterocycles. The van der Waals surface area contributed by atoms with E-state index >= 15 is 0 Å². The summed E-state index contributed by atoms with van der Waals surface area (Å²) in [6.45, 7) is 3.49. The molecule has 1 heterocycles. The molecule has 2 N–H and O–H groups in total. The standard InChI is InChI=1S/C21H23F3N2O5/c1-12(2)31-17(20(28)29)9-13-4-6-16(30-3)15(8-13)11-26-19(27)14-5-7-18(25-10-14)21(22,23)24/h4-8,10,12,17H,9,11H2,1-3H3,(H,26,27)(H,28,29). The number of ether oxygens (including phenoxy) is 2. The third-order valence-electron chi connectivity index (χ3n) is 4.23. The van der Waals surface area contributed by atoms with E-state index in [1.165, 1.54) is 7.11 Å². The highest BCUT2D eigenvalue weighted by molar-refractivity contribution is 5.93. The normalized spacial score (nSPS) is 12.5. The second kappa shape index (κ2) is 10.3. The lowest BCUT2D eigenvalue weighted by Crippen LogP contribution is -2.29. The van der Waals surface area contributed by atoms with Gasteiger partial charge in [-0.1, -0.05) is 12.1 Å². The number of nitrogens with zero attached hydrogens (tertiary/aromatic N) is 1. The van der Waals surface area contributed by atoms with Gasteiger partial charge in [-0.2, -0.15) is 13.2 Å². The van der Waals surface area contributed by atoms with Crippen LogP contribution in [0.2, 0.25) is 0 Å². The Morgan fingerprint density at radius 3 is 2.42 bits per heavy atom. The number of amides is 1. The third kappa shape index (κ3) is 6.95. The second-order valence-electron chi connectivity index (χ2n) is 6.97. The molecule has 2 rings (SSSR count). The molecule has 0 fully saturated rings. The summed E-state index contributed by atoms with van der Waals surface area (Å²) in [5, 5.41) is 11.9. The van der Waals surface area contributed by atoms with E-state index in [0.29, 0.717) is 16.9 Å². The summed E-state index contributed by atoms with van der Waals surface area (Å²) in [4.78, 5) is 27.0. The number of alkyl halides is 3. The Balaban J connectivity index is 2.12. The van der Waals surface area contributed by atoms with Gasteiger partial charge in [0.15, 0.2) is 6.10 Å². The molecule has 1 amide bonds. The lowest BCUT2D eigenvalue weighted by atomic mass is 10.0. The summed E-state index contributed by atoms with van der Waals surface area (Å²) in [7, 11) is 1.45. The number of hydrogen-bond acceptors (Lipinski definition) is 5. The average molecular weight is 440 g/mol. The van der Waals surface area contributed by atoms with Crippen molar-refractivity contribution in [3.63, 3.8) is 0 Å². The van der Waals surface area contributed by atoms with Gasteiger partial charge < -0.3 is 19.9 Å². The van der Waals surface area contributed by atoms with Gasteiger partial charge in [0.05, 0.1) is 18.8 Å². The lowest BCUT2D eigenvalue weighted by Gasteiger charge is -2.18. The van der Waals surface area contributed by atoms with Crippen LogP contribution in [0.3, 0.4) is 0 Å². The number of carbonyl (C=O) groups is 2. The molecule has 1 unspecified atom stereocenters. The van der Waals surface area contributed by atoms with Crippen LogP contribution in [0, 0.1) is 0 Å². The van der Waals surface area contributed by atoms with Gasteiger partial charge in [0.25, 0.3) is 5.91 Å². The quantitative estimate of drug-likeness (QED) is 0.620. The zero-order valence-electron chi connectivity index (χ0n) is 17.2. The lowest BCUT2D eigenvalue weighted by molar-refractivity contribution is -0.153. The van der Waals surface area contributed by atoms with Gasteiger partial charge in [0.1, 0.15) is 11.4 Å². The number of aliphatic carboxylic acids is 1. The van der Waals surface area contributed by atoms with Crippen molar-refractivity contribution in [3.8, 4) is 5.75 Å². The first-order valence-corrected chi connectivity index (χ1v) is 9.36. The van der Waals surface area contributed by atoms with Crippen molar-refractivity contribution < 1.29 is 37.3 Å². The minimum Gasteiger partial charge on any atom is -0.496 e. The second-order valence-corrected chi connectivity index (χ2v) is 6.97. The molecule has 1 aromatic carbocycles. The fraction of sp³-hybridized carbons (Fsp3) is 0.381. The maximum atomic E-state index is 12.6. The number of hydrogen-bond donors (Lipinski definition) is 2. The van der Waals surface area contributed by atoms with Gasteiger partial charge in [-0.05, 0) is 37.6 Å². The molecule has 168 valence electrons. The zero-order chi connectivity index (χ0) is 23.2. The highest BCUT2D eigenvalue weighted by Crippen LogP contribution is 2.27. The largest absolute Gasteiger partial charge is 0.496 e. The van der Waals surface area contributed by atoms with Crippen LogP contribution in [0.5, 0.6) is 5.75 Å². The van der Waals surface area contributed by atoms with Gasteiger partial charge in [-0.15, -0.1) is 0 Å². The molecular formula is C21H23F3N2O5. The molecule has 1 atom stereocenters. The Morgan fingerprint density at radius 2 is 1.90 bits per heavy atom. The highest BCUT2D eigenvalue weighted by Gasteiger charge is 2.32. The zero-order valence-corrected chi connectivity index (χ0v) is 17.2. The molecule has 7 nitrogen and oxygen atoms in total. The number of carboxylic acid groups (broad SMARTS) is 1. The van der Waals surface area contributed by atoms with E-state index in [-0.39, 0.29) is 24.6 Å². The molecule has 0 bridgehead atoms. The topological polar surface area (TPSA) is 97.8 Å². The van der Waals surface area contributed by atoms with E-state index in [4.69, 9.17) is 9.47 Å². The molecule has 0 radical (unpaired) electrons. The summed E-state index contributed by atoms with van der Waals surface area (Å²) in [5.74, 6) is -1.24. The van der Waals surface area contributed by atoms with Crippen LogP contribution in [0.1, 0.15) is 41.0 Å². The fourth-order valence-corrected chi connectivity index (χ4v) is 2.81. The van der Waals surface area contributed by atoms with E-state index in [0.717, 1.165) is 18.3 Å². The molecule has 2 aromatic rings. The molecule has 0 aliphatic carbocycles. The predicted molar refractivity (Wildman–Crippen MR) is 105 cm³/mol. The number of nitrogens with one attached hydrogen (secondary N) is 1. The van der Waals surface area contributed by atoms with E-state index in [1.807, 2.05) is 0 Å². The number of methoxy groups -OCH3 is 1. The number of halogens is 3. The van der Waals surface area contributed by atoms with Crippen LogP contribution in [0.4, 0.5) is 13.2 Å². The van der Waals surface area contributed by atoms with Gasteiger partial charge in [0.2, 0.25) is 0 Å². The molecular weight excluding hydrogens is 417 g/mol. The molecule has 31 heavy (non-hydrogen) atoms. The molecule has 10 heteroatoms. The first-order valence-electron chi connectivity index (χ1n) is 9.36. The number of pyridine rings is 1. The van der Waals surface area contributed by atoms with Crippen molar-refractivity contribution in [2.75, 3.05) is 7.11 Å². The molecule has 0 spiro atoms. The Morgan fingerprint density at radius 1 is 1.19 bits per heavy atom. The van der Waals surface area contributed by atoms with Crippen LogP contribution in [-0.4, -0.2) is 41.3 Å². The number of rotatable bonds is 9. The molecule has 0 saturated carbocycles. The summed E-state index contributed by atoms with van der Waals surface area (Å²) < 4.78 is 48.5. The van der Waals surface area contributed by atoms with Crippen LogP contribution >= 0.6 is 0 Å². The summed E-state index contributed by atoms with van der Waals surface area (Å²) in [5.41, 5.74) is 0.116. The van der Waals surface area contributed by atoms with Gasteiger partial charge in [-0.25, -0.2) is 4.79 Å². The van der Waals surface area contributed by atoms with Crippen molar-refractivity contribution in [2.45, 2.75) is 45.2 Å². The number of aromatic nitrogens is 1. The molecule has 1 aromatic heterocycles. The number of carbonyl (C=O) groups excluding carboxylic acids is 1. The summed E-state index contributed by atoms with van der Waals surface area (Å²) in [6, 6.07) is 6.80. The van der Waals surface area contributed by atoms with Crippen molar-refractivity contribution in [1.29, 1.82) is 0 Å². The summed E-state index contributed by atoms with van der Waals surface area (Å²) in [6.07, 6.45) is -4.92. The first kappa shape index (κ1) is 24.1. The van der Waals surface area contributed by atoms with E-state index < -0.39 is 29.9 Å². The number of carboxylic acids is 1. The van der Waals surface area contributed by atoms with Crippen molar-refractivity contribution in [1.82, 2.24) is 10.3 Å². The predicted octanol–water partition coefficient (Wildman–Crippen LogP) is 3.46. The fourth-order valence-electron chi connectivity index (χ4n) is 2.81. The van der Waals surface area contributed by atoms with Crippen LogP contribution in [0.15, 0.2) is 36.5 Å². The van der Waals surface area contributed by atoms with Gasteiger partial charge in [-0.3, -0.25) is 9.78 Å². The Hall–Kier alpha value is -3.14. The summed E-state index contributed by atoms with van der Waals surface area (Å²) >= 11 is 0. The minimum atomic E-state index is -4.59. The van der Waals surface area contributed by atoms with Crippen molar-refractivity contribution >= 4 is 11.9 Å². The van der Waals surface area contributed by atoms with E-state index in [2.05, 4.69) is 10.3 Å².